The van der Waals surface area contributed by atoms with Crippen LogP contribution < -0.4 is 9.47 Å². The highest BCUT2D eigenvalue weighted by molar-refractivity contribution is 5.96. The van der Waals surface area contributed by atoms with E-state index in [9.17, 15) is 14.0 Å². The quantitative estimate of drug-likeness (QED) is 0.801. The fraction of sp³-hybridized carbons (Fsp3) is 0.263. The zero-order chi connectivity index (χ0) is 19.4. The third-order valence-corrected chi connectivity index (χ3v) is 4.11. The summed E-state index contributed by atoms with van der Waals surface area (Å²) in [5, 5.41) is 8.94. The van der Waals surface area contributed by atoms with E-state index < -0.39 is 17.7 Å². The van der Waals surface area contributed by atoms with E-state index >= 15 is 0 Å². The number of ether oxygens (including phenoxy) is 3. The highest BCUT2D eigenvalue weighted by Crippen LogP contribution is 2.33. The van der Waals surface area contributed by atoms with Crippen LogP contribution in [0, 0.1) is 5.82 Å². The first kappa shape index (κ1) is 18.7. The highest BCUT2D eigenvalue weighted by atomic mass is 19.1. The maximum atomic E-state index is 14.3. The van der Waals surface area contributed by atoms with Gasteiger partial charge in [-0.15, -0.1) is 0 Å². The molecule has 27 heavy (non-hydrogen) atoms. The summed E-state index contributed by atoms with van der Waals surface area (Å²) < 4.78 is 29.9. The van der Waals surface area contributed by atoms with E-state index in [1.807, 2.05) is 0 Å². The van der Waals surface area contributed by atoms with Crippen molar-refractivity contribution in [1.82, 2.24) is 4.90 Å². The normalized spacial score (nSPS) is 12.1. The Balaban J connectivity index is 1.83. The molecule has 3 rings (SSSR count). The Morgan fingerprint density at radius 3 is 2.67 bits per heavy atom. The van der Waals surface area contributed by atoms with E-state index in [0.717, 1.165) is 11.6 Å². The minimum absolute atomic E-state index is 0.145. The van der Waals surface area contributed by atoms with E-state index in [0.29, 0.717) is 11.5 Å². The summed E-state index contributed by atoms with van der Waals surface area (Å²) in [6, 6.07) is 8.53. The molecule has 8 heteroatoms. The van der Waals surface area contributed by atoms with Crippen LogP contribution in [0.15, 0.2) is 36.4 Å². The Morgan fingerprint density at radius 1 is 1.19 bits per heavy atom. The van der Waals surface area contributed by atoms with E-state index in [-0.39, 0.29) is 37.6 Å². The molecule has 1 aliphatic rings. The van der Waals surface area contributed by atoms with E-state index in [1.165, 1.54) is 24.1 Å². The zero-order valence-electron chi connectivity index (χ0n) is 14.6. The number of rotatable bonds is 7. The second kappa shape index (κ2) is 8.05. The summed E-state index contributed by atoms with van der Waals surface area (Å²) >= 11 is 0. The fourth-order valence-corrected chi connectivity index (χ4v) is 2.71. The molecule has 0 unspecified atom stereocenters. The molecule has 1 heterocycles. The second-order valence-corrected chi connectivity index (χ2v) is 5.91. The molecule has 1 amide bonds. The van der Waals surface area contributed by atoms with Gasteiger partial charge in [0.1, 0.15) is 5.82 Å². The van der Waals surface area contributed by atoms with Crippen LogP contribution in [-0.4, -0.2) is 48.9 Å². The van der Waals surface area contributed by atoms with Gasteiger partial charge in [0, 0.05) is 20.2 Å². The summed E-state index contributed by atoms with van der Waals surface area (Å²) in [7, 11) is 1.51. The van der Waals surface area contributed by atoms with Gasteiger partial charge in [0.25, 0.3) is 5.91 Å². The van der Waals surface area contributed by atoms with Crippen molar-refractivity contribution in [3.63, 3.8) is 0 Å². The number of hydrogen-bond donors (Lipinski definition) is 1. The van der Waals surface area contributed by atoms with Crippen LogP contribution in [0.5, 0.6) is 11.5 Å². The minimum atomic E-state index is -1.26. The molecule has 0 radical (unpaired) electrons. The Labute approximate surface area is 154 Å². The van der Waals surface area contributed by atoms with Crippen LogP contribution in [0.25, 0.3) is 0 Å². The van der Waals surface area contributed by atoms with Gasteiger partial charge in [0.05, 0.1) is 17.7 Å². The number of fused-ring (bicyclic) bond motifs is 1. The molecule has 2 aromatic rings. The molecule has 0 saturated carbocycles. The van der Waals surface area contributed by atoms with Gasteiger partial charge >= 0.3 is 5.97 Å². The van der Waals surface area contributed by atoms with Gasteiger partial charge in [-0.2, -0.15) is 0 Å². The average molecular weight is 375 g/mol. The lowest BCUT2D eigenvalue weighted by molar-refractivity contribution is 0.0668. The first-order valence-electron chi connectivity index (χ1n) is 8.19. The van der Waals surface area contributed by atoms with Gasteiger partial charge < -0.3 is 24.2 Å². The molecule has 1 aliphatic heterocycles. The predicted octanol–water partition coefficient (Wildman–Crippen LogP) is 2.54. The second-order valence-electron chi connectivity index (χ2n) is 5.91. The Kier molecular flexibility index (Phi) is 5.56. The number of aromatic carboxylic acids is 1. The monoisotopic (exact) mass is 375 g/mol. The predicted molar refractivity (Wildman–Crippen MR) is 92.5 cm³/mol. The van der Waals surface area contributed by atoms with E-state index in [4.69, 9.17) is 19.3 Å². The number of carbonyl (C=O) groups excluding carboxylic acids is 1. The number of amides is 1. The maximum Gasteiger partial charge on any atom is 0.335 e. The lowest BCUT2D eigenvalue weighted by Crippen LogP contribution is -2.34. The SMILES string of the molecule is COCCN(Cc1ccc2c(c1)OCO2)C(=O)c1ccc(C(=O)O)cc1F. The largest absolute Gasteiger partial charge is 0.478 e. The van der Waals surface area contributed by atoms with Crippen LogP contribution >= 0.6 is 0 Å². The first-order chi connectivity index (χ1) is 13.0. The standard InChI is InChI=1S/C19H18FNO6/c1-25-7-6-21(10-12-2-5-16-17(8-12)27-11-26-16)18(22)14-4-3-13(19(23)24)9-15(14)20/h2-5,8-9H,6-7,10-11H2,1H3,(H,23,24). The number of hydrogen-bond acceptors (Lipinski definition) is 5. The third kappa shape index (κ3) is 4.17. The molecule has 0 bridgehead atoms. The maximum absolute atomic E-state index is 14.3. The molecule has 0 saturated heterocycles. The summed E-state index contributed by atoms with van der Waals surface area (Å²) in [6.07, 6.45) is 0. The number of nitrogens with zero attached hydrogens (tertiary/aromatic N) is 1. The van der Waals surface area contributed by atoms with Crippen LogP contribution in [0.1, 0.15) is 26.3 Å². The smallest absolute Gasteiger partial charge is 0.335 e. The Hall–Kier alpha value is -3.13. The van der Waals surface area contributed by atoms with Crippen LogP contribution in [-0.2, 0) is 11.3 Å². The molecule has 0 aromatic heterocycles. The number of carboxylic acids is 1. The lowest BCUT2D eigenvalue weighted by Gasteiger charge is -2.23. The van der Waals surface area contributed by atoms with Crippen LogP contribution in [0.2, 0.25) is 0 Å². The molecule has 1 N–H and O–H groups in total. The molecule has 7 nitrogen and oxygen atoms in total. The number of benzene rings is 2. The number of methoxy groups -OCH3 is 1. The van der Waals surface area contributed by atoms with Crippen LogP contribution in [0.4, 0.5) is 4.39 Å². The molecule has 0 spiro atoms. The van der Waals surface area contributed by atoms with Crippen molar-refractivity contribution in [3.8, 4) is 11.5 Å². The molecule has 2 aromatic carbocycles. The third-order valence-electron chi connectivity index (χ3n) is 4.11. The van der Waals surface area contributed by atoms with Crippen molar-refractivity contribution < 1.29 is 33.3 Å². The van der Waals surface area contributed by atoms with E-state index in [1.54, 1.807) is 18.2 Å². The molecule has 142 valence electrons. The minimum Gasteiger partial charge on any atom is -0.478 e. The van der Waals surface area contributed by atoms with Gasteiger partial charge in [-0.3, -0.25) is 4.79 Å². The summed E-state index contributed by atoms with van der Waals surface area (Å²) in [4.78, 5) is 25.2. The lowest BCUT2D eigenvalue weighted by atomic mass is 10.1. The van der Waals surface area contributed by atoms with Crippen molar-refractivity contribution >= 4 is 11.9 Å². The molecule has 0 aliphatic carbocycles. The van der Waals surface area contributed by atoms with Gasteiger partial charge in [-0.05, 0) is 35.9 Å². The number of carboxylic acid groups (broad SMARTS) is 1. The summed E-state index contributed by atoms with van der Waals surface area (Å²) in [6.45, 7) is 0.861. The Bertz CT molecular complexity index is 869. The fourth-order valence-electron chi connectivity index (χ4n) is 2.71. The first-order valence-corrected chi connectivity index (χ1v) is 8.19. The van der Waals surface area contributed by atoms with Gasteiger partial charge in [0.15, 0.2) is 11.5 Å². The zero-order valence-corrected chi connectivity index (χ0v) is 14.6. The molecule has 0 atom stereocenters. The van der Waals surface area contributed by atoms with Crippen LogP contribution in [0.3, 0.4) is 0 Å². The van der Waals surface area contributed by atoms with E-state index in [2.05, 4.69) is 0 Å². The summed E-state index contributed by atoms with van der Waals surface area (Å²) in [5.74, 6) is -1.48. The van der Waals surface area contributed by atoms with Gasteiger partial charge in [-0.1, -0.05) is 6.07 Å². The van der Waals surface area contributed by atoms with Crippen molar-refractivity contribution in [3.05, 3.63) is 58.9 Å². The molecular weight excluding hydrogens is 357 g/mol. The van der Waals surface area contributed by atoms with Gasteiger partial charge in [-0.25, -0.2) is 9.18 Å². The summed E-state index contributed by atoms with van der Waals surface area (Å²) in [5.41, 5.74) is 0.367. The van der Waals surface area contributed by atoms with Crippen molar-refractivity contribution in [2.45, 2.75) is 6.54 Å². The Morgan fingerprint density at radius 2 is 1.96 bits per heavy atom. The van der Waals surface area contributed by atoms with Crippen molar-refractivity contribution in [1.29, 1.82) is 0 Å². The topological polar surface area (TPSA) is 85.3 Å². The average Bonchev–Trinajstić information content (AvgIpc) is 3.12. The van der Waals surface area contributed by atoms with Gasteiger partial charge in [0.2, 0.25) is 6.79 Å². The molecular formula is C19H18FNO6. The number of carbonyl (C=O) groups is 2. The van der Waals surface area contributed by atoms with Crippen molar-refractivity contribution in [2.75, 3.05) is 27.1 Å². The molecule has 0 fully saturated rings. The highest BCUT2D eigenvalue weighted by Gasteiger charge is 2.22. The number of halogens is 1. The van der Waals surface area contributed by atoms with Crippen molar-refractivity contribution in [2.24, 2.45) is 0 Å².